The number of fused-ring (bicyclic) bond motifs is 1. The van der Waals surface area contributed by atoms with Gasteiger partial charge in [-0.25, -0.2) is 4.79 Å². The van der Waals surface area contributed by atoms with Crippen LogP contribution < -0.4 is 0 Å². The van der Waals surface area contributed by atoms with Crippen molar-refractivity contribution in [2.75, 3.05) is 0 Å². The average molecular weight is 221 g/mol. The molecule has 0 spiro atoms. The topological polar surface area (TPSA) is 93.6 Å². The lowest BCUT2D eigenvalue weighted by Crippen LogP contribution is -2.27. The van der Waals surface area contributed by atoms with Crippen molar-refractivity contribution < 1.29 is 20.1 Å². The number of aromatic nitrogens is 1. The second kappa shape index (κ2) is 3.96. The van der Waals surface area contributed by atoms with Crippen LogP contribution in [0.4, 0.5) is 0 Å². The fourth-order valence-electron chi connectivity index (χ4n) is 1.64. The summed E-state index contributed by atoms with van der Waals surface area (Å²) in [6.07, 6.45) is -1.76. The zero-order valence-corrected chi connectivity index (χ0v) is 8.29. The Bertz CT molecular complexity index is 519. The van der Waals surface area contributed by atoms with Gasteiger partial charge in [-0.3, -0.25) is 0 Å². The summed E-state index contributed by atoms with van der Waals surface area (Å²) in [5.74, 6) is -1.45. The first kappa shape index (κ1) is 10.7. The summed E-state index contributed by atoms with van der Waals surface area (Å²) in [6.45, 7) is 0. The molecule has 0 fully saturated rings. The Labute approximate surface area is 91.0 Å². The fourth-order valence-corrected chi connectivity index (χ4v) is 1.64. The Balaban J connectivity index is 2.44. The molecule has 5 heteroatoms. The minimum absolute atomic E-state index is 0.380. The summed E-state index contributed by atoms with van der Waals surface area (Å²) in [6, 6.07) is 7.15. The van der Waals surface area contributed by atoms with Crippen LogP contribution in [0.2, 0.25) is 0 Å². The number of carboxylic acid groups (broad SMARTS) is 1. The lowest BCUT2D eigenvalue weighted by molar-refractivity contribution is -0.153. The van der Waals surface area contributed by atoms with Crippen molar-refractivity contribution in [3.05, 3.63) is 36.0 Å². The lowest BCUT2D eigenvalue weighted by atomic mass is 10.0. The molecule has 2 aromatic rings. The predicted octanol–water partition coefficient (Wildman–Crippen LogP) is 0.647. The van der Waals surface area contributed by atoms with Gasteiger partial charge in [0.05, 0.1) is 0 Å². The standard InChI is InChI=1S/C11H11NO4/c13-9(10(14)11(15)16)7-5-12-8-4-2-1-3-6(7)8/h1-5,9-10,12-14H,(H,15,16). The summed E-state index contributed by atoms with van der Waals surface area (Å²) >= 11 is 0. The van der Waals surface area contributed by atoms with Gasteiger partial charge in [0.25, 0.3) is 0 Å². The first-order valence-electron chi connectivity index (χ1n) is 4.76. The van der Waals surface area contributed by atoms with Crippen molar-refractivity contribution in [3.8, 4) is 0 Å². The van der Waals surface area contributed by atoms with E-state index in [0.29, 0.717) is 10.9 Å². The van der Waals surface area contributed by atoms with Crippen LogP contribution in [0.15, 0.2) is 30.5 Å². The van der Waals surface area contributed by atoms with Gasteiger partial charge < -0.3 is 20.3 Å². The van der Waals surface area contributed by atoms with Crippen LogP contribution in [0.25, 0.3) is 10.9 Å². The third-order valence-corrected chi connectivity index (χ3v) is 2.49. The molecule has 16 heavy (non-hydrogen) atoms. The highest BCUT2D eigenvalue weighted by Gasteiger charge is 2.26. The largest absolute Gasteiger partial charge is 0.479 e. The van der Waals surface area contributed by atoms with Crippen LogP contribution in [0.5, 0.6) is 0 Å². The smallest absolute Gasteiger partial charge is 0.335 e. The highest BCUT2D eigenvalue weighted by molar-refractivity contribution is 5.84. The summed E-state index contributed by atoms with van der Waals surface area (Å²) in [5.41, 5.74) is 1.17. The van der Waals surface area contributed by atoms with Crippen molar-refractivity contribution in [1.29, 1.82) is 0 Å². The maximum atomic E-state index is 10.6. The van der Waals surface area contributed by atoms with Crippen molar-refractivity contribution >= 4 is 16.9 Å². The van der Waals surface area contributed by atoms with Crippen molar-refractivity contribution in [1.82, 2.24) is 4.98 Å². The first-order valence-corrected chi connectivity index (χ1v) is 4.76. The number of para-hydroxylation sites is 1. The van der Waals surface area contributed by atoms with E-state index in [1.165, 1.54) is 6.20 Å². The predicted molar refractivity (Wildman–Crippen MR) is 56.9 cm³/mol. The number of aliphatic hydroxyl groups excluding tert-OH is 2. The van der Waals surface area contributed by atoms with E-state index in [4.69, 9.17) is 5.11 Å². The zero-order chi connectivity index (χ0) is 11.7. The van der Waals surface area contributed by atoms with E-state index < -0.39 is 18.2 Å². The number of aromatic amines is 1. The molecule has 0 aliphatic heterocycles. The van der Waals surface area contributed by atoms with Crippen LogP contribution in [-0.2, 0) is 4.79 Å². The Kier molecular flexibility index (Phi) is 2.64. The monoisotopic (exact) mass is 221 g/mol. The second-order valence-corrected chi connectivity index (χ2v) is 3.52. The van der Waals surface area contributed by atoms with Gasteiger partial charge >= 0.3 is 5.97 Å². The third-order valence-electron chi connectivity index (χ3n) is 2.49. The molecule has 0 amide bonds. The molecule has 2 unspecified atom stereocenters. The summed E-state index contributed by atoms with van der Waals surface area (Å²) in [5, 5.41) is 28.3. The maximum Gasteiger partial charge on any atom is 0.335 e. The number of benzene rings is 1. The average Bonchev–Trinajstić information content (AvgIpc) is 2.70. The van der Waals surface area contributed by atoms with Crippen LogP contribution in [-0.4, -0.2) is 32.4 Å². The van der Waals surface area contributed by atoms with Gasteiger partial charge in [0.2, 0.25) is 0 Å². The highest BCUT2D eigenvalue weighted by Crippen LogP contribution is 2.26. The van der Waals surface area contributed by atoms with Crippen molar-refractivity contribution in [2.24, 2.45) is 0 Å². The van der Waals surface area contributed by atoms with Gasteiger partial charge in [-0.05, 0) is 6.07 Å². The molecule has 0 bridgehead atoms. The number of aliphatic carboxylic acids is 1. The number of aliphatic hydroxyl groups is 2. The molecule has 0 aliphatic rings. The maximum absolute atomic E-state index is 10.6. The second-order valence-electron chi connectivity index (χ2n) is 3.52. The molecule has 0 saturated heterocycles. The molecular weight excluding hydrogens is 210 g/mol. The van der Waals surface area contributed by atoms with Crippen LogP contribution in [0, 0.1) is 0 Å². The summed E-state index contributed by atoms with van der Waals surface area (Å²) in [4.78, 5) is 13.5. The molecule has 1 heterocycles. The Morgan fingerprint density at radius 1 is 1.25 bits per heavy atom. The molecule has 0 aliphatic carbocycles. The van der Waals surface area contributed by atoms with Crippen molar-refractivity contribution in [3.63, 3.8) is 0 Å². The van der Waals surface area contributed by atoms with Crippen LogP contribution in [0.1, 0.15) is 11.7 Å². The fraction of sp³-hybridized carbons (Fsp3) is 0.182. The molecule has 5 nitrogen and oxygen atoms in total. The number of hydrogen-bond donors (Lipinski definition) is 4. The van der Waals surface area contributed by atoms with Crippen molar-refractivity contribution in [2.45, 2.75) is 12.2 Å². The first-order chi connectivity index (χ1) is 7.61. The lowest BCUT2D eigenvalue weighted by Gasteiger charge is -2.12. The van der Waals surface area contributed by atoms with E-state index in [2.05, 4.69) is 4.98 Å². The Morgan fingerprint density at radius 3 is 2.62 bits per heavy atom. The van der Waals surface area contributed by atoms with E-state index >= 15 is 0 Å². The minimum Gasteiger partial charge on any atom is -0.479 e. The Hall–Kier alpha value is -1.85. The summed E-state index contributed by atoms with van der Waals surface area (Å²) < 4.78 is 0. The van der Waals surface area contributed by atoms with E-state index in [-0.39, 0.29) is 0 Å². The highest BCUT2D eigenvalue weighted by atomic mass is 16.4. The van der Waals surface area contributed by atoms with Crippen LogP contribution in [0.3, 0.4) is 0 Å². The number of hydrogen-bond acceptors (Lipinski definition) is 3. The molecule has 2 rings (SSSR count). The number of H-pyrrole nitrogens is 1. The SMILES string of the molecule is O=C(O)C(O)C(O)c1c[nH]c2ccccc12. The van der Waals surface area contributed by atoms with Gasteiger partial charge in [0.15, 0.2) is 6.10 Å². The van der Waals surface area contributed by atoms with E-state index in [0.717, 1.165) is 5.52 Å². The van der Waals surface area contributed by atoms with E-state index in [1.807, 2.05) is 6.07 Å². The van der Waals surface area contributed by atoms with E-state index in [9.17, 15) is 15.0 Å². The number of carbonyl (C=O) groups is 1. The molecule has 2 atom stereocenters. The van der Waals surface area contributed by atoms with Gasteiger partial charge in [-0.1, -0.05) is 18.2 Å². The third kappa shape index (κ3) is 1.66. The van der Waals surface area contributed by atoms with Crippen LogP contribution >= 0.6 is 0 Å². The number of rotatable bonds is 3. The normalized spacial score (nSPS) is 14.9. The molecule has 4 N–H and O–H groups in total. The molecule has 0 radical (unpaired) electrons. The number of nitrogens with one attached hydrogen (secondary N) is 1. The Morgan fingerprint density at radius 2 is 1.94 bits per heavy atom. The molecular formula is C11H11NO4. The molecule has 84 valence electrons. The van der Waals surface area contributed by atoms with Gasteiger partial charge in [-0.2, -0.15) is 0 Å². The number of carboxylic acids is 1. The van der Waals surface area contributed by atoms with E-state index in [1.54, 1.807) is 18.2 Å². The molecule has 1 aromatic heterocycles. The minimum atomic E-state index is -1.82. The van der Waals surface area contributed by atoms with Gasteiger partial charge in [0.1, 0.15) is 6.10 Å². The molecule has 1 aromatic carbocycles. The summed E-state index contributed by atoms with van der Waals surface area (Å²) in [7, 11) is 0. The van der Waals surface area contributed by atoms with Gasteiger partial charge in [-0.15, -0.1) is 0 Å². The van der Waals surface area contributed by atoms with Gasteiger partial charge in [0, 0.05) is 22.7 Å². The molecule has 0 saturated carbocycles. The zero-order valence-electron chi connectivity index (χ0n) is 8.29. The quantitative estimate of drug-likeness (QED) is 0.612.